The Morgan fingerprint density at radius 3 is 2.88 bits per heavy atom. The summed E-state index contributed by atoms with van der Waals surface area (Å²) >= 11 is 3.48. The van der Waals surface area contributed by atoms with Gasteiger partial charge in [-0.05, 0) is 41.8 Å². The van der Waals surface area contributed by atoms with Crippen molar-refractivity contribution < 1.29 is 0 Å². The maximum atomic E-state index is 8.86. The van der Waals surface area contributed by atoms with Crippen LogP contribution in [0.2, 0.25) is 0 Å². The van der Waals surface area contributed by atoms with Gasteiger partial charge in [0.25, 0.3) is 0 Å². The molecule has 2 aromatic carbocycles. The van der Waals surface area contributed by atoms with Crippen molar-refractivity contribution in [2.24, 2.45) is 5.92 Å². The van der Waals surface area contributed by atoms with Crippen molar-refractivity contribution in [3.63, 3.8) is 0 Å². The van der Waals surface area contributed by atoms with E-state index in [1.54, 1.807) is 0 Å². The molecule has 2 rings (SSSR count). The molecule has 0 heterocycles. The van der Waals surface area contributed by atoms with Crippen molar-refractivity contribution in [2.75, 3.05) is 0 Å². The van der Waals surface area contributed by atoms with Gasteiger partial charge in [-0.15, -0.1) is 0 Å². The van der Waals surface area contributed by atoms with Crippen molar-refractivity contribution in [3.8, 4) is 6.07 Å². The van der Waals surface area contributed by atoms with Crippen LogP contribution >= 0.6 is 15.9 Å². The largest absolute Gasteiger partial charge is 0.198 e. The molecule has 0 saturated carbocycles. The zero-order valence-electron chi connectivity index (χ0n) is 9.07. The molecule has 0 aliphatic heterocycles. The van der Waals surface area contributed by atoms with Crippen LogP contribution in [0.3, 0.4) is 0 Å². The Bertz CT molecular complexity index is 554. The molecule has 2 heteroatoms. The number of nitriles is 1. The highest BCUT2D eigenvalue weighted by Gasteiger charge is 2.06. The molecule has 0 N–H and O–H groups in total. The molecule has 0 radical (unpaired) electrons. The minimum atomic E-state index is 0.0598. The fourth-order valence-electron chi connectivity index (χ4n) is 1.86. The molecule has 2 aromatic rings. The lowest BCUT2D eigenvalue weighted by Gasteiger charge is -2.08. The van der Waals surface area contributed by atoms with Crippen LogP contribution in [-0.2, 0) is 6.42 Å². The van der Waals surface area contributed by atoms with Gasteiger partial charge in [0.05, 0.1) is 6.07 Å². The normalized spacial score (nSPS) is 12.3. The molecule has 80 valence electrons. The van der Waals surface area contributed by atoms with Gasteiger partial charge in [0.1, 0.15) is 0 Å². The number of hydrogen-bond acceptors (Lipinski definition) is 1. The van der Waals surface area contributed by atoms with Crippen molar-refractivity contribution in [3.05, 3.63) is 46.4 Å². The van der Waals surface area contributed by atoms with E-state index in [2.05, 4.69) is 52.3 Å². The van der Waals surface area contributed by atoms with Crippen LogP contribution in [0.4, 0.5) is 0 Å². The van der Waals surface area contributed by atoms with Gasteiger partial charge in [-0.2, -0.15) is 5.26 Å². The molecular weight excluding hydrogens is 262 g/mol. The van der Waals surface area contributed by atoms with Gasteiger partial charge in [-0.3, -0.25) is 0 Å². The van der Waals surface area contributed by atoms with Crippen LogP contribution in [0, 0.1) is 17.2 Å². The summed E-state index contributed by atoms with van der Waals surface area (Å²) in [4.78, 5) is 0. The first-order chi connectivity index (χ1) is 7.70. The molecule has 0 aliphatic carbocycles. The Morgan fingerprint density at radius 2 is 2.12 bits per heavy atom. The van der Waals surface area contributed by atoms with Gasteiger partial charge in [0.2, 0.25) is 0 Å². The topological polar surface area (TPSA) is 23.8 Å². The quantitative estimate of drug-likeness (QED) is 0.800. The monoisotopic (exact) mass is 273 g/mol. The standard InChI is InChI=1S/C14H12BrN/c1-10(9-16)7-12-4-2-3-11-5-6-13(15)8-14(11)12/h2-6,8,10H,7H2,1H3. The molecule has 0 spiro atoms. The van der Waals surface area contributed by atoms with E-state index in [0.29, 0.717) is 0 Å². The minimum Gasteiger partial charge on any atom is -0.198 e. The maximum Gasteiger partial charge on any atom is 0.0656 e. The van der Waals surface area contributed by atoms with Crippen molar-refractivity contribution in [1.29, 1.82) is 5.26 Å². The average molecular weight is 274 g/mol. The molecule has 1 nitrogen and oxygen atoms in total. The molecule has 0 saturated heterocycles. The van der Waals surface area contributed by atoms with E-state index in [1.807, 2.05) is 13.0 Å². The number of benzene rings is 2. The van der Waals surface area contributed by atoms with E-state index in [0.717, 1.165) is 10.9 Å². The van der Waals surface area contributed by atoms with Crippen molar-refractivity contribution in [2.45, 2.75) is 13.3 Å². The van der Waals surface area contributed by atoms with Crippen molar-refractivity contribution in [1.82, 2.24) is 0 Å². The Hall–Kier alpha value is -1.33. The average Bonchev–Trinajstić information content (AvgIpc) is 2.29. The van der Waals surface area contributed by atoms with Gasteiger partial charge in [-0.1, -0.05) is 40.2 Å². The summed E-state index contributed by atoms with van der Waals surface area (Å²) < 4.78 is 1.08. The summed E-state index contributed by atoms with van der Waals surface area (Å²) in [5, 5.41) is 11.3. The second-order valence-electron chi connectivity index (χ2n) is 4.02. The Balaban J connectivity index is 2.53. The van der Waals surface area contributed by atoms with Crippen LogP contribution in [0.1, 0.15) is 12.5 Å². The molecular formula is C14H12BrN. The fourth-order valence-corrected chi connectivity index (χ4v) is 2.22. The second-order valence-corrected chi connectivity index (χ2v) is 4.93. The highest BCUT2D eigenvalue weighted by Crippen LogP contribution is 2.24. The van der Waals surface area contributed by atoms with E-state index in [9.17, 15) is 0 Å². The van der Waals surface area contributed by atoms with Gasteiger partial charge in [-0.25, -0.2) is 0 Å². The second kappa shape index (κ2) is 4.67. The number of halogens is 1. The van der Waals surface area contributed by atoms with Crippen LogP contribution in [0.15, 0.2) is 40.9 Å². The van der Waals surface area contributed by atoms with Gasteiger partial charge in [0.15, 0.2) is 0 Å². The third kappa shape index (κ3) is 2.25. The number of fused-ring (bicyclic) bond motifs is 1. The summed E-state index contributed by atoms with van der Waals surface area (Å²) in [6.07, 6.45) is 0.810. The maximum absolute atomic E-state index is 8.86. The first-order valence-electron chi connectivity index (χ1n) is 5.27. The summed E-state index contributed by atoms with van der Waals surface area (Å²) in [7, 11) is 0. The fraction of sp³-hybridized carbons (Fsp3) is 0.214. The Labute approximate surface area is 104 Å². The van der Waals surface area contributed by atoms with Crippen LogP contribution in [0.5, 0.6) is 0 Å². The summed E-state index contributed by atoms with van der Waals surface area (Å²) in [6.45, 7) is 1.96. The number of nitrogens with zero attached hydrogens (tertiary/aromatic N) is 1. The van der Waals surface area contributed by atoms with Gasteiger partial charge in [0, 0.05) is 10.4 Å². The Morgan fingerprint density at radius 1 is 1.31 bits per heavy atom. The lowest BCUT2D eigenvalue weighted by Crippen LogP contribution is -1.96. The van der Waals surface area contributed by atoms with Crippen LogP contribution in [-0.4, -0.2) is 0 Å². The number of rotatable bonds is 2. The molecule has 0 fully saturated rings. The molecule has 1 unspecified atom stereocenters. The van der Waals surface area contributed by atoms with Gasteiger partial charge < -0.3 is 0 Å². The summed E-state index contributed by atoms with van der Waals surface area (Å²) in [5.41, 5.74) is 1.24. The van der Waals surface area contributed by atoms with E-state index in [4.69, 9.17) is 5.26 Å². The molecule has 0 amide bonds. The highest BCUT2D eigenvalue weighted by atomic mass is 79.9. The molecule has 1 atom stereocenters. The smallest absolute Gasteiger partial charge is 0.0656 e. The number of hydrogen-bond donors (Lipinski definition) is 0. The lowest BCUT2D eigenvalue weighted by molar-refractivity contribution is 0.743. The minimum absolute atomic E-state index is 0.0598. The third-order valence-electron chi connectivity index (χ3n) is 2.68. The summed E-state index contributed by atoms with van der Waals surface area (Å²) in [5.74, 6) is 0.0598. The summed E-state index contributed by atoms with van der Waals surface area (Å²) in [6, 6.07) is 14.8. The van der Waals surface area contributed by atoms with E-state index < -0.39 is 0 Å². The highest BCUT2D eigenvalue weighted by molar-refractivity contribution is 9.10. The predicted octanol–water partition coefficient (Wildman–Crippen LogP) is 4.30. The van der Waals surface area contributed by atoms with Crippen LogP contribution in [0.25, 0.3) is 10.8 Å². The predicted molar refractivity (Wildman–Crippen MR) is 70.1 cm³/mol. The SMILES string of the molecule is CC(C#N)Cc1cccc2ccc(Br)cc12. The molecule has 0 bridgehead atoms. The molecule has 0 aliphatic rings. The van der Waals surface area contributed by atoms with E-state index in [-0.39, 0.29) is 5.92 Å². The van der Waals surface area contributed by atoms with E-state index in [1.165, 1.54) is 16.3 Å². The van der Waals surface area contributed by atoms with Gasteiger partial charge >= 0.3 is 0 Å². The Kier molecular flexibility index (Phi) is 3.26. The molecule has 0 aromatic heterocycles. The molecule has 16 heavy (non-hydrogen) atoms. The van der Waals surface area contributed by atoms with Crippen LogP contribution < -0.4 is 0 Å². The zero-order chi connectivity index (χ0) is 11.5. The zero-order valence-corrected chi connectivity index (χ0v) is 10.7. The first-order valence-corrected chi connectivity index (χ1v) is 6.07. The van der Waals surface area contributed by atoms with Crippen molar-refractivity contribution >= 4 is 26.7 Å². The van der Waals surface area contributed by atoms with E-state index >= 15 is 0 Å². The third-order valence-corrected chi connectivity index (χ3v) is 3.17. The first kappa shape index (κ1) is 11.2. The lowest BCUT2D eigenvalue weighted by atomic mass is 9.97.